The second kappa shape index (κ2) is 6.32. The van der Waals surface area contributed by atoms with Crippen molar-refractivity contribution in [2.24, 2.45) is 0 Å². The average Bonchev–Trinajstić information content (AvgIpc) is 3.29. The van der Waals surface area contributed by atoms with E-state index in [9.17, 15) is 0 Å². The predicted octanol–water partition coefficient (Wildman–Crippen LogP) is 9.11. The van der Waals surface area contributed by atoms with Crippen LogP contribution in [0.25, 0.3) is 60.5 Å². The van der Waals surface area contributed by atoms with E-state index in [0.717, 1.165) is 8.95 Å². The van der Waals surface area contributed by atoms with Gasteiger partial charge in [-0.3, -0.25) is 0 Å². The molecule has 0 saturated carbocycles. The van der Waals surface area contributed by atoms with Crippen molar-refractivity contribution in [3.8, 4) is 27.9 Å². The van der Waals surface area contributed by atoms with Gasteiger partial charge < -0.3 is 4.57 Å². The highest BCUT2D eigenvalue weighted by Crippen LogP contribution is 2.50. The molecule has 0 bridgehead atoms. The van der Waals surface area contributed by atoms with E-state index in [0.29, 0.717) is 0 Å². The summed E-state index contributed by atoms with van der Waals surface area (Å²) in [5, 5.41) is 5.14. The van der Waals surface area contributed by atoms with Crippen LogP contribution in [0.3, 0.4) is 0 Å². The van der Waals surface area contributed by atoms with Crippen molar-refractivity contribution < 1.29 is 0 Å². The second-order valence-corrected chi connectivity index (χ2v) is 9.90. The summed E-state index contributed by atoms with van der Waals surface area (Å²) in [6.45, 7) is 0. The SMILES string of the molecule is Brc1ccc2c(c1)c1cc(Br)ccc1n2-c1ccc2cccc3c2c1-c1ccccc1-3. The normalized spacial score (nSPS) is 12.2. The molecule has 0 atom stereocenters. The van der Waals surface area contributed by atoms with Gasteiger partial charge in [-0.25, -0.2) is 0 Å². The lowest BCUT2D eigenvalue weighted by Gasteiger charge is -2.14. The molecular formula is C28H15Br2N. The number of aromatic nitrogens is 1. The van der Waals surface area contributed by atoms with Gasteiger partial charge in [0.1, 0.15) is 0 Å². The zero-order chi connectivity index (χ0) is 20.7. The first-order valence-electron chi connectivity index (χ1n) is 10.3. The molecule has 1 nitrogen and oxygen atoms in total. The summed E-state index contributed by atoms with van der Waals surface area (Å²) in [4.78, 5) is 0. The van der Waals surface area contributed by atoms with E-state index in [-0.39, 0.29) is 0 Å². The Hall–Kier alpha value is -2.88. The summed E-state index contributed by atoms with van der Waals surface area (Å²) in [5.74, 6) is 0. The van der Waals surface area contributed by atoms with Crippen LogP contribution in [0.1, 0.15) is 0 Å². The molecule has 1 aromatic heterocycles. The molecule has 1 heterocycles. The number of rotatable bonds is 1. The molecule has 1 aliphatic rings. The summed E-state index contributed by atoms with van der Waals surface area (Å²) >= 11 is 7.34. The summed E-state index contributed by atoms with van der Waals surface area (Å²) in [6, 6.07) is 33.1. The van der Waals surface area contributed by atoms with Gasteiger partial charge in [0.05, 0.1) is 16.7 Å². The van der Waals surface area contributed by atoms with E-state index in [1.807, 2.05) is 0 Å². The zero-order valence-electron chi connectivity index (χ0n) is 16.4. The van der Waals surface area contributed by atoms with Gasteiger partial charge in [-0.1, -0.05) is 80.4 Å². The first-order valence-corrected chi connectivity index (χ1v) is 11.8. The molecule has 146 valence electrons. The maximum atomic E-state index is 3.67. The van der Waals surface area contributed by atoms with Gasteiger partial charge in [-0.2, -0.15) is 0 Å². The molecule has 7 rings (SSSR count). The number of benzene rings is 5. The fourth-order valence-electron chi connectivity index (χ4n) is 5.21. The molecule has 0 radical (unpaired) electrons. The van der Waals surface area contributed by atoms with Crippen LogP contribution in [0, 0.1) is 0 Å². The van der Waals surface area contributed by atoms with Crippen molar-refractivity contribution in [2.75, 3.05) is 0 Å². The molecule has 0 fully saturated rings. The molecule has 0 aliphatic heterocycles. The molecular weight excluding hydrogens is 510 g/mol. The first kappa shape index (κ1) is 17.8. The Labute approximate surface area is 196 Å². The third kappa shape index (κ3) is 2.36. The van der Waals surface area contributed by atoms with Crippen LogP contribution in [0.15, 0.2) is 99.9 Å². The van der Waals surface area contributed by atoms with Crippen LogP contribution in [-0.2, 0) is 0 Å². The maximum absolute atomic E-state index is 3.67. The van der Waals surface area contributed by atoms with E-state index in [2.05, 4.69) is 127 Å². The van der Waals surface area contributed by atoms with Gasteiger partial charge in [0, 0.05) is 25.3 Å². The van der Waals surface area contributed by atoms with Crippen molar-refractivity contribution >= 4 is 64.4 Å². The van der Waals surface area contributed by atoms with Crippen molar-refractivity contribution in [1.29, 1.82) is 0 Å². The van der Waals surface area contributed by atoms with E-state index in [1.165, 1.54) is 60.5 Å². The Morgan fingerprint density at radius 2 is 1.19 bits per heavy atom. The molecule has 5 aromatic carbocycles. The standard InChI is InChI=1S/C28H15Br2N/c29-17-9-12-24-22(14-17)23-15-18(30)10-13-25(23)31(24)26-11-8-16-4-3-7-20-19-5-1-2-6-21(19)28(26)27(16)20/h1-15H. The van der Waals surface area contributed by atoms with Crippen molar-refractivity contribution in [2.45, 2.75) is 0 Å². The Morgan fingerprint density at radius 1 is 0.548 bits per heavy atom. The lowest BCUT2D eigenvalue weighted by molar-refractivity contribution is 1.19. The minimum atomic E-state index is 1.09. The third-order valence-corrected chi connectivity index (χ3v) is 7.43. The van der Waals surface area contributed by atoms with Crippen LogP contribution in [0.5, 0.6) is 0 Å². The van der Waals surface area contributed by atoms with Crippen LogP contribution >= 0.6 is 31.9 Å². The van der Waals surface area contributed by atoms with E-state index < -0.39 is 0 Å². The Balaban J connectivity index is 1.70. The smallest absolute Gasteiger partial charge is 0.0547 e. The molecule has 31 heavy (non-hydrogen) atoms. The van der Waals surface area contributed by atoms with Crippen LogP contribution in [0.2, 0.25) is 0 Å². The quantitative estimate of drug-likeness (QED) is 0.202. The monoisotopic (exact) mass is 523 g/mol. The number of fused-ring (bicyclic) bond motifs is 6. The molecule has 0 spiro atoms. The maximum Gasteiger partial charge on any atom is 0.0547 e. The second-order valence-electron chi connectivity index (χ2n) is 8.07. The summed E-state index contributed by atoms with van der Waals surface area (Å²) in [7, 11) is 0. The minimum absolute atomic E-state index is 1.09. The Morgan fingerprint density at radius 3 is 1.90 bits per heavy atom. The highest BCUT2D eigenvalue weighted by molar-refractivity contribution is 9.10. The van der Waals surface area contributed by atoms with Crippen molar-refractivity contribution in [3.63, 3.8) is 0 Å². The number of hydrogen-bond donors (Lipinski definition) is 0. The molecule has 0 N–H and O–H groups in total. The summed E-state index contributed by atoms with van der Waals surface area (Å²) in [5.41, 5.74) is 8.96. The van der Waals surface area contributed by atoms with Crippen molar-refractivity contribution in [1.82, 2.24) is 4.57 Å². The predicted molar refractivity (Wildman–Crippen MR) is 138 cm³/mol. The lowest BCUT2D eigenvalue weighted by atomic mass is 10.0. The van der Waals surface area contributed by atoms with Crippen LogP contribution in [0.4, 0.5) is 0 Å². The molecule has 6 aromatic rings. The highest BCUT2D eigenvalue weighted by Gasteiger charge is 2.25. The number of nitrogens with zero attached hydrogens (tertiary/aromatic N) is 1. The molecule has 0 unspecified atom stereocenters. The summed E-state index contributed by atoms with van der Waals surface area (Å²) < 4.78 is 4.61. The van der Waals surface area contributed by atoms with Gasteiger partial charge in [-0.15, -0.1) is 0 Å². The molecule has 3 heteroatoms. The van der Waals surface area contributed by atoms with Gasteiger partial charge in [0.15, 0.2) is 0 Å². The lowest BCUT2D eigenvalue weighted by Crippen LogP contribution is -1.96. The van der Waals surface area contributed by atoms with Gasteiger partial charge in [-0.05, 0) is 69.9 Å². The van der Waals surface area contributed by atoms with E-state index in [4.69, 9.17) is 0 Å². The van der Waals surface area contributed by atoms with Gasteiger partial charge in [0.2, 0.25) is 0 Å². The Bertz CT molecular complexity index is 1650. The Kier molecular flexibility index (Phi) is 3.62. The van der Waals surface area contributed by atoms with Crippen LogP contribution in [-0.4, -0.2) is 4.57 Å². The van der Waals surface area contributed by atoms with E-state index >= 15 is 0 Å². The average molecular weight is 525 g/mol. The number of hydrogen-bond acceptors (Lipinski definition) is 0. The minimum Gasteiger partial charge on any atom is -0.309 e. The third-order valence-electron chi connectivity index (χ3n) is 6.44. The zero-order valence-corrected chi connectivity index (χ0v) is 19.5. The molecule has 0 saturated heterocycles. The van der Waals surface area contributed by atoms with E-state index in [1.54, 1.807) is 0 Å². The fraction of sp³-hybridized carbons (Fsp3) is 0. The number of halogens is 2. The fourth-order valence-corrected chi connectivity index (χ4v) is 5.94. The topological polar surface area (TPSA) is 4.93 Å². The van der Waals surface area contributed by atoms with Gasteiger partial charge >= 0.3 is 0 Å². The van der Waals surface area contributed by atoms with Crippen LogP contribution < -0.4 is 0 Å². The van der Waals surface area contributed by atoms with Gasteiger partial charge in [0.25, 0.3) is 0 Å². The largest absolute Gasteiger partial charge is 0.309 e. The molecule has 0 amide bonds. The highest BCUT2D eigenvalue weighted by atomic mass is 79.9. The van der Waals surface area contributed by atoms with Crippen molar-refractivity contribution in [3.05, 3.63) is 99.9 Å². The summed E-state index contributed by atoms with van der Waals surface area (Å²) in [6.07, 6.45) is 0. The molecule has 1 aliphatic carbocycles. The first-order chi connectivity index (χ1) is 15.2.